The summed E-state index contributed by atoms with van der Waals surface area (Å²) in [5.74, 6) is 0. The van der Waals surface area contributed by atoms with E-state index >= 15 is 0 Å². The van der Waals surface area contributed by atoms with Gasteiger partial charge in [0.05, 0.1) is 0 Å². The molecule has 0 unspecified atom stereocenters. The van der Waals surface area contributed by atoms with Crippen LogP contribution >= 0.6 is 0 Å². The number of nitrogens with one attached hydrogen (secondary N) is 1. The maximum atomic E-state index is 3.57. The lowest BCUT2D eigenvalue weighted by Gasteiger charge is -2.26. The molecule has 32 heavy (non-hydrogen) atoms. The van der Waals surface area contributed by atoms with Crippen molar-refractivity contribution in [2.75, 3.05) is 10.2 Å². The summed E-state index contributed by atoms with van der Waals surface area (Å²) in [6.07, 6.45) is 0. The van der Waals surface area contributed by atoms with Crippen LogP contribution in [0.4, 0.5) is 28.4 Å². The van der Waals surface area contributed by atoms with E-state index in [-0.39, 0.29) is 5.41 Å². The SMILES string of the molecule is Cc1ccc(N(c2ccc(C)cc2)c2cccc(Nc3ccc(C(C)(C)C)cc3)c2)cc1. The van der Waals surface area contributed by atoms with Gasteiger partial charge in [-0.15, -0.1) is 0 Å². The molecule has 2 heteroatoms. The molecule has 0 aliphatic rings. The number of hydrogen-bond donors (Lipinski definition) is 1. The topological polar surface area (TPSA) is 15.3 Å². The first-order valence-electron chi connectivity index (χ1n) is 11.2. The second kappa shape index (κ2) is 8.92. The Morgan fingerprint density at radius 2 is 1.09 bits per heavy atom. The number of rotatable bonds is 5. The molecule has 0 saturated carbocycles. The van der Waals surface area contributed by atoms with Crippen molar-refractivity contribution < 1.29 is 0 Å². The molecule has 162 valence electrons. The highest BCUT2D eigenvalue weighted by Crippen LogP contribution is 2.36. The molecule has 0 amide bonds. The van der Waals surface area contributed by atoms with Crippen LogP contribution in [0.2, 0.25) is 0 Å². The smallest absolute Gasteiger partial charge is 0.0482 e. The van der Waals surface area contributed by atoms with Crippen LogP contribution in [0.5, 0.6) is 0 Å². The Hall–Kier alpha value is -3.52. The summed E-state index contributed by atoms with van der Waals surface area (Å²) in [6.45, 7) is 11.0. The predicted octanol–water partition coefficient (Wildman–Crippen LogP) is 8.81. The molecule has 0 heterocycles. The highest BCUT2D eigenvalue weighted by molar-refractivity contribution is 5.79. The van der Waals surface area contributed by atoms with Gasteiger partial charge in [-0.2, -0.15) is 0 Å². The zero-order valence-corrected chi connectivity index (χ0v) is 19.7. The Morgan fingerprint density at radius 3 is 1.59 bits per heavy atom. The van der Waals surface area contributed by atoms with Crippen molar-refractivity contribution in [1.82, 2.24) is 0 Å². The lowest BCUT2D eigenvalue weighted by atomic mass is 9.87. The van der Waals surface area contributed by atoms with Crippen molar-refractivity contribution in [3.8, 4) is 0 Å². The average Bonchev–Trinajstić information content (AvgIpc) is 2.77. The molecule has 4 aromatic carbocycles. The number of benzene rings is 4. The molecular weight excluding hydrogens is 388 g/mol. The monoisotopic (exact) mass is 420 g/mol. The van der Waals surface area contributed by atoms with Gasteiger partial charge in [0.1, 0.15) is 0 Å². The van der Waals surface area contributed by atoms with Crippen molar-refractivity contribution in [2.24, 2.45) is 0 Å². The molecule has 0 radical (unpaired) electrons. The summed E-state index contributed by atoms with van der Waals surface area (Å²) >= 11 is 0. The van der Waals surface area contributed by atoms with Crippen LogP contribution in [-0.2, 0) is 5.41 Å². The second-order valence-corrected chi connectivity index (χ2v) is 9.51. The van der Waals surface area contributed by atoms with Gasteiger partial charge in [0.2, 0.25) is 0 Å². The zero-order valence-electron chi connectivity index (χ0n) is 19.7. The van der Waals surface area contributed by atoms with Crippen molar-refractivity contribution in [2.45, 2.75) is 40.0 Å². The van der Waals surface area contributed by atoms with E-state index in [0.29, 0.717) is 0 Å². The van der Waals surface area contributed by atoms with E-state index in [1.807, 2.05) is 0 Å². The van der Waals surface area contributed by atoms with E-state index in [4.69, 9.17) is 0 Å². The van der Waals surface area contributed by atoms with Gasteiger partial charge in [-0.3, -0.25) is 0 Å². The summed E-state index contributed by atoms with van der Waals surface area (Å²) in [5, 5.41) is 3.57. The normalized spacial score (nSPS) is 11.3. The second-order valence-electron chi connectivity index (χ2n) is 9.51. The van der Waals surface area contributed by atoms with E-state index in [0.717, 1.165) is 28.4 Å². The van der Waals surface area contributed by atoms with Crippen LogP contribution in [0.1, 0.15) is 37.5 Å². The molecule has 0 fully saturated rings. The number of aryl methyl sites for hydroxylation is 2. The Balaban J connectivity index is 1.67. The quantitative estimate of drug-likeness (QED) is 0.347. The fraction of sp³-hybridized carbons (Fsp3) is 0.200. The molecule has 0 spiro atoms. The first-order chi connectivity index (χ1) is 15.3. The minimum atomic E-state index is 0.154. The summed E-state index contributed by atoms with van der Waals surface area (Å²) in [6, 6.07) is 34.7. The van der Waals surface area contributed by atoms with Crippen LogP contribution < -0.4 is 10.2 Å². The third kappa shape index (κ3) is 5.03. The Labute approximate surface area is 192 Å². The third-order valence-corrected chi connectivity index (χ3v) is 5.73. The van der Waals surface area contributed by atoms with Gasteiger partial charge in [-0.1, -0.05) is 74.4 Å². The minimum absolute atomic E-state index is 0.154. The average molecular weight is 421 g/mol. The van der Waals surface area contributed by atoms with Gasteiger partial charge in [0.15, 0.2) is 0 Å². The minimum Gasteiger partial charge on any atom is -0.355 e. The fourth-order valence-corrected chi connectivity index (χ4v) is 3.78. The number of anilines is 5. The Bertz CT molecular complexity index is 1120. The van der Waals surface area contributed by atoms with E-state index in [2.05, 4.69) is 142 Å². The number of hydrogen-bond acceptors (Lipinski definition) is 2. The van der Waals surface area contributed by atoms with Gasteiger partial charge in [0.25, 0.3) is 0 Å². The molecule has 0 saturated heterocycles. The van der Waals surface area contributed by atoms with Crippen LogP contribution in [0.3, 0.4) is 0 Å². The number of nitrogens with zero attached hydrogens (tertiary/aromatic N) is 1. The molecule has 0 bridgehead atoms. The standard InChI is InChI=1S/C30H32N2/c1-22-9-17-27(18-10-22)32(28-19-11-23(2)12-20-28)29-8-6-7-26(21-29)31-25-15-13-24(14-16-25)30(3,4)5/h6-21,31H,1-5H3. The maximum absolute atomic E-state index is 3.57. The lowest BCUT2D eigenvalue weighted by molar-refractivity contribution is 0.590. The van der Waals surface area contributed by atoms with Crippen molar-refractivity contribution in [3.05, 3.63) is 114 Å². The summed E-state index contributed by atoms with van der Waals surface area (Å²) < 4.78 is 0. The molecule has 4 aromatic rings. The highest BCUT2D eigenvalue weighted by atomic mass is 15.1. The third-order valence-electron chi connectivity index (χ3n) is 5.73. The fourth-order valence-electron chi connectivity index (χ4n) is 3.78. The van der Waals surface area contributed by atoms with Crippen molar-refractivity contribution in [3.63, 3.8) is 0 Å². The molecule has 0 aliphatic carbocycles. The molecule has 2 nitrogen and oxygen atoms in total. The summed E-state index contributed by atoms with van der Waals surface area (Å²) in [5.41, 5.74) is 9.56. The van der Waals surface area contributed by atoms with E-state index in [9.17, 15) is 0 Å². The molecule has 0 aliphatic heterocycles. The zero-order chi connectivity index (χ0) is 22.7. The van der Waals surface area contributed by atoms with Crippen LogP contribution in [-0.4, -0.2) is 0 Å². The van der Waals surface area contributed by atoms with Crippen molar-refractivity contribution in [1.29, 1.82) is 0 Å². The molecular formula is C30H32N2. The van der Waals surface area contributed by atoms with E-state index in [1.165, 1.54) is 16.7 Å². The molecule has 4 rings (SSSR count). The first-order valence-corrected chi connectivity index (χ1v) is 11.2. The van der Waals surface area contributed by atoms with Crippen molar-refractivity contribution >= 4 is 28.4 Å². The van der Waals surface area contributed by atoms with Gasteiger partial charge < -0.3 is 10.2 Å². The van der Waals surface area contributed by atoms with E-state index < -0.39 is 0 Å². The highest BCUT2D eigenvalue weighted by Gasteiger charge is 2.14. The first kappa shape index (κ1) is 21.7. The van der Waals surface area contributed by atoms with Gasteiger partial charge in [-0.25, -0.2) is 0 Å². The molecule has 1 N–H and O–H groups in total. The Kier molecular flexibility index (Phi) is 6.05. The van der Waals surface area contributed by atoms with Crippen LogP contribution in [0.15, 0.2) is 97.1 Å². The largest absolute Gasteiger partial charge is 0.355 e. The lowest BCUT2D eigenvalue weighted by Crippen LogP contribution is -2.11. The van der Waals surface area contributed by atoms with Gasteiger partial charge >= 0.3 is 0 Å². The molecule has 0 aromatic heterocycles. The summed E-state index contributed by atoms with van der Waals surface area (Å²) in [7, 11) is 0. The maximum Gasteiger partial charge on any atom is 0.0482 e. The van der Waals surface area contributed by atoms with Gasteiger partial charge in [0, 0.05) is 28.4 Å². The van der Waals surface area contributed by atoms with E-state index in [1.54, 1.807) is 0 Å². The van der Waals surface area contributed by atoms with Gasteiger partial charge in [-0.05, 0) is 79.4 Å². The van der Waals surface area contributed by atoms with Crippen LogP contribution in [0, 0.1) is 13.8 Å². The predicted molar refractivity (Wildman–Crippen MR) is 139 cm³/mol. The molecule has 0 atom stereocenters. The van der Waals surface area contributed by atoms with Crippen LogP contribution in [0.25, 0.3) is 0 Å². The summed E-state index contributed by atoms with van der Waals surface area (Å²) in [4.78, 5) is 2.30. The Morgan fingerprint density at radius 1 is 0.562 bits per heavy atom.